The predicted octanol–water partition coefficient (Wildman–Crippen LogP) is 3.47. The highest BCUT2D eigenvalue weighted by molar-refractivity contribution is 9.08. The van der Waals surface area contributed by atoms with Gasteiger partial charge in [0, 0.05) is 11.9 Å². The van der Waals surface area contributed by atoms with Gasteiger partial charge in [-0.2, -0.15) is 0 Å². The molecule has 0 saturated carbocycles. The van der Waals surface area contributed by atoms with E-state index in [-0.39, 0.29) is 4.90 Å². The summed E-state index contributed by atoms with van der Waals surface area (Å²) in [4.78, 5) is 0.226. The van der Waals surface area contributed by atoms with E-state index in [9.17, 15) is 12.8 Å². The van der Waals surface area contributed by atoms with Crippen LogP contribution in [0.3, 0.4) is 0 Å². The van der Waals surface area contributed by atoms with E-state index in [1.54, 1.807) is 30.3 Å². The van der Waals surface area contributed by atoms with Crippen molar-refractivity contribution in [3.63, 3.8) is 0 Å². The Labute approximate surface area is 131 Å². The molecule has 0 bridgehead atoms. The Bertz CT molecular complexity index is 775. The van der Waals surface area contributed by atoms with Gasteiger partial charge < -0.3 is 0 Å². The summed E-state index contributed by atoms with van der Waals surface area (Å²) in [7, 11) is -3.64. The number of fused-ring (bicyclic) bond motifs is 1. The van der Waals surface area contributed by atoms with Gasteiger partial charge in [0.2, 0.25) is 0 Å². The van der Waals surface area contributed by atoms with E-state index < -0.39 is 15.8 Å². The van der Waals surface area contributed by atoms with Crippen LogP contribution in [0.4, 0.5) is 10.1 Å². The van der Waals surface area contributed by atoms with E-state index in [2.05, 4.69) is 15.9 Å². The first-order valence-corrected chi connectivity index (χ1v) is 9.04. The molecule has 110 valence electrons. The lowest BCUT2D eigenvalue weighted by molar-refractivity contribution is 0.592. The van der Waals surface area contributed by atoms with Crippen LogP contribution in [0.25, 0.3) is 0 Å². The average Bonchev–Trinajstić information content (AvgIpc) is 2.91. The second-order valence-electron chi connectivity index (χ2n) is 4.88. The molecule has 0 N–H and O–H groups in total. The monoisotopic (exact) mass is 369 g/mol. The fourth-order valence-electron chi connectivity index (χ4n) is 2.45. The summed E-state index contributed by atoms with van der Waals surface area (Å²) in [5.74, 6) is -0.425. The van der Waals surface area contributed by atoms with Gasteiger partial charge in [0.1, 0.15) is 5.82 Å². The fourth-order valence-corrected chi connectivity index (χ4v) is 4.32. The molecule has 3 nitrogen and oxygen atoms in total. The van der Waals surface area contributed by atoms with Crippen molar-refractivity contribution in [2.24, 2.45) is 0 Å². The first-order valence-electron chi connectivity index (χ1n) is 6.48. The SMILES string of the molecule is O=S(=O)(c1ccc(CBr)cc1)N1CCc2ccc(F)cc21. The van der Waals surface area contributed by atoms with Gasteiger partial charge in [0.15, 0.2) is 0 Å². The zero-order valence-electron chi connectivity index (χ0n) is 11.1. The summed E-state index contributed by atoms with van der Waals surface area (Å²) in [5, 5.41) is 0.672. The van der Waals surface area contributed by atoms with Crippen molar-refractivity contribution in [1.82, 2.24) is 0 Å². The fraction of sp³-hybridized carbons (Fsp3) is 0.200. The van der Waals surface area contributed by atoms with Gasteiger partial charge in [-0.05, 0) is 41.8 Å². The Kier molecular flexibility index (Phi) is 3.75. The molecular weight excluding hydrogens is 357 g/mol. The van der Waals surface area contributed by atoms with Gasteiger partial charge in [-0.3, -0.25) is 4.31 Å². The summed E-state index contributed by atoms with van der Waals surface area (Å²) in [6.45, 7) is 0.349. The van der Waals surface area contributed by atoms with Crippen molar-refractivity contribution >= 4 is 31.6 Å². The van der Waals surface area contributed by atoms with Crippen LogP contribution in [-0.4, -0.2) is 15.0 Å². The Balaban J connectivity index is 2.02. The van der Waals surface area contributed by atoms with Crippen molar-refractivity contribution in [3.8, 4) is 0 Å². The molecule has 1 aliphatic heterocycles. The third-order valence-electron chi connectivity index (χ3n) is 3.57. The smallest absolute Gasteiger partial charge is 0.264 e. The molecule has 0 radical (unpaired) electrons. The zero-order valence-corrected chi connectivity index (χ0v) is 13.5. The van der Waals surface area contributed by atoms with Crippen molar-refractivity contribution in [2.75, 3.05) is 10.8 Å². The summed E-state index contributed by atoms with van der Waals surface area (Å²) >= 11 is 3.33. The van der Waals surface area contributed by atoms with E-state index in [1.165, 1.54) is 16.4 Å². The molecule has 0 atom stereocenters. The average molecular weight is 370 g/mol. The molecule has 2 aromatic carbocycles. The molecule has 0 amide bonds. The van der Waals surface area contributed by atoms with Crippen molar-refractivity contribution < 1.29 is 12.8 Å². The highest BCUT2D eigenvalue weighted by Gasteiger charge is 2.31. The lowest BCUT2D eigenvalue weighted by atomic mass is 10.2. The maximum Gasteiger partial charge on any atom is 0.264 e. The molecule has 3 rings (SSSR count). The maximum absolute atomic E-state index is 13.4. The number of anilines is 1. The molecule has 6 heteroatoms. The molecule has 21 heavy (non-hydrogen) atoms. The molecule has 0 aromatic heterocycles. The topological polar surface area (TPSA) is 37.4 Å². The summed E-state index contributed by atoms with van der Waals surface area (Å²) in [6, 6.07) is 11.0. The van der Waals surface area contributed by atoms with Gasteiger partial charge in [0.25, 0.3) is 10.0 Å². The predicted molar refractivity (Wildman–Crippen MR) is 83.7 cm³/mol. The van der Waals surface area contributed by atoms with Crippen LogP contribution in [0.15, 0.2) is 47.4 Å². The number of halogens is 2. The van der Waals surface area contributed by atoms with Crippen molar-refractivity contribution in [3.05, 3.63) is 59.4 Å². The molecule has 0 unspecified atom stereocenters. The second-order valence-corrected chi connectivity index (χ2v) is 7.30. The summed E-state index contributed by atoms with van der Waals surface area (Å²) < 4.78 is 40.1. The Hall–Kier alpha value is -1.40. The van der Waals surface area contributed by atoms with Crippen molar-refractivity contribution in [1.29, 1.82) is 0 Å². The van der Waals surface area contributed by atoms with Gasteiger partial charge in [-0.1, -0.05) is 34.1 Å². The van der Waals surface area contributed by atoms with Crippen LogP contribution in [0, 0.1) is 5.82 Å². The number of alkyl halides is 1. The standard InChI is InChI=1S/C15H13BrFNO2S/c16-10-11-1-5-14(6-2-11)21(19,20)18-8-7-12-3-4-13(17)9-15(12)18/h1-6,9H,7-8,10H2. The lowest BCUT2D eigenvalue weighted by Gasteiger charge is -2.19. The molecule has 0 fully saturated rings. The van der Waals surface area contributed by atoms with Crippen LogP contribution in [0.5, 0.6) is 0 Å². The minimum atomic E-state index is -3.64. The summed E-state index contributed by atoms with van der Waals surface area (Å²) in [5.41, 5.74) is 2.30. The van der Waals surface area contributed by atoms with Crippen LogP contribution < -0.4 is 4.31 Å². The maximum atomic E-state index is 13.4. The van der Waals surface area contributed by atoms with Gasteiger partial charge in [0.05, 0.1) is 10.6 Å². The largest absolute Gasteiger partial charge is 0.266 e. The lowest BCUT2D eigenvalue weighted by Crippen LogP contribution is -2.29. The van der Waals surface area contributed by atoms with Gasteiger partial charge in [-0.15, -0.1) is 0 Å². The van der Waals surface area contributed by atoms with Gasteiger partial charge in [-0.25, -0.2) is 12.8 Å². The number of sulfonamides is 1. The van der Waals surface area contributed by atoms with Crippen LogP contribution in [0.1, 0.15) is 11.1 Å². The quantitative estimate of drug-likeness (QED) is 0.776. The van der Waals surface area contributed by atoms with Gasteiger partial charge >= 0.3 is 0 Å². The number of rotatable bonds is 3. The summed E-state index contributed by atoms with van der Waals surface area (Å²) in [6.07, 6.45) is 0.605. The van der Waals surface area contributed by atoms with E-state index in [0.29, 0.717) is 24.0 Å². The molecule has 1 aliphatic rings. The Morgan fingerprint density at radius 2 is 1.86 bits per heavy atom. The number of nitrogens with zero attached hydrogens (tertiary/aromatic N) is 1. The third-order valence-corrected chi connectivity index (χ3v) is 6.04. The number of hydrogen-bond donors (Lipinski definition) is 0. The first kappa shape index (κ1) is 14.5. The zero-order chi connectivity index (χ0) is 15.0. The van der Waals surface area contributed by atoms with Crippen LogP contribution in [-0.2, 0) is 21.8 Å². The van der Waals surface area contributed by atoms with Crippen molar-refractivity contribution in [2.45, 2.75) is 16.6 Å². The number of benzene rings is 2. The highest BCUT2D eigenvalue weighted by atomic mass is 79.9. The third kappa shape index (κ3) is 2.58. The molecule has 1 heterocycles. The van der Waals surface area contributed by atoms with E-state index in [4.69, 9.17) is 0 Å². The molecule has 0 saturated heterocycles. The highest BCUT2D eigenvalue weighted by Crippen LogP contribution is 2.33. The van der Waals surface area contributed by atoms with E-state index in [1.807, 2.05) is 0 Å². The Morgan fingerprint density at radius 3 is 2.52 bits per heavy atom. The molecule has 0 spiro atoms. The van der Waals surface area contributed by atoms with E-state index in [0.717, 1.165) is 11.1 Å². The second kappa shape index (κ2) is 5.42. The molecule has 2 aromatic rings. The minimum absolute atomic E-state index is 0.226. The molecular formula is C15H13BrFNO2S. The normalized spacial score (nSPS) is 14.3. The first-order chi connectivity index (χ1) is 10.0. The minimum Gasteiger partial charge on any atom is -0.266 e. The molecule has 0 aliphatic carbocycles. The van der Waals surface area contributed by atoms with E-state index >= 15 is 0 Å². The van der Waals surface area contributed by atoms with Crippen LogP contribution >= 0.6 is 15.9 Å². The number of hydrogen-bond acceptors (Lipinski definition) is 2. The Morgan fingerprint density at radius 1 is 1.14 bits per heavy atom. The van der Waals surface area contributed by atoms with Crippen LogP contribution in [0.2, 0.25) is 0 Å².